The third kappa shape index (κ3) is 10.4. The molecule has 0 aliphatic rings. The van der Waals surface area contributed by atoms with Crippen molar-refractivity contribution in [3.8, 4) is 0 Å². The Morgan fingerprint density at radius 1 is 1.29 bits per heavy atom. The Hall–Kier alpha value is -2.05. The minimum atomic E-state index is -1.16. The number of allylic oxidation sites excluding steroid dienone is 1. The largest absolute Gasteiger partial charge is 0.480 e. The number of hydrogen-bond acceptors (Lipinski definition) is 5. The van der Waals surface area contributed by atoms with Crippen LogP contribution >= 0.6 is 0 Å². The van der Waals surface area contributed by atoms with E-state index in [1.165, 1.54) is 12.2 Å². The summed E-state index contributed by atoms with van der Waals surface area (Å²) in [5, 5.41) is 11.3. The lowest BCUT2D eigenvalue weighted by Crippen LogP contribution is -2.43. The van der Waals surface area contributed by atoms with Crippen LogP contribution in [0.15, 0.2) is 12.2 Å². The summed E-state index contributed by atoms with van der Waals surface area (Å²) in [6, 6.07) is -1.08. The molecule has 0 aromatic carbocycles. The second-order valence-corrected chi connectivity index (χ2v) is 5.27. The van der Waals surface area contributed by atoms with Gasteiger partial charge in [0.15, 0.2) is 0 Å². The van der Waals surface area contributed by atoms with Crippen molar-refractivity contribution in [2.75, 3.05) is 6.61 Å². The Morgan fingerprint density at radius 3 is 2.38 bits per heavy atom. The number of aliphatic carboxylic acids is 1. The van der Waals surface area contributed by atoms with Gasteiger partial charge in [-0.15, -0.1) is 0 Å². The van der Waals surface area contributed by atoms with Crippen molar-refractivity contribution in [3.05, 3.63) is 12.2 Å². The van der Waals surface area contributed by atoms with Gasteiger partial charge in [0.05, 0.1) is 6.61 Å². The summed E-state index contributed by atoms with van der Waals surface area (Å²) in [5.41, 5.74) is -0.697. The quantitative estimate of drug-likeness (QED) is 0.549. The molecule has 0 fully saturated rings. The van der Waals surface area contributed by atoms with E-state index >= 15 is 0 Å². The molecule has 7 nitrogen and oxygen atoms in total. The summed E-state index contributed by atoms with van der Waals surface area (Å²) in [4.78, 5) is 33.6. The molecule has 2 N–H and O–H groups in total. The lowest BCUT2D eigenvalue weighted by atomic mass is 10.1. The summed E-state index contributed by atoms with van der Waals surface area (Å²) in [6.07, 6.45) is 2.40. The fourth-order valence-corrected chi connectivity index (χ4v) is 1.34. The highest BCUT2D eigenvalue weighted by Gasteiger charge is 2.23. The van der Waals surface area contributed by atoms with Gasteiger partial charge >= 0.3 is 18.0 Å². The molecule has 0 saturated carbocycles. The highest BCUT2D eigenvalue weighted by Crippen LogP contribution is 2.08. The molecule has 0 spiro atoms. The number of rotatable bonds is 7. The molecule has 0 rings (SSSR count). The maximum absolute atomic E-state index is 11.5. The molecule has 0 aliphatic heterocycles. The summed E-state index contributed by atoms with van der Waals surface area (Å²) < 4.78 is 9.67. The maximum atomic E-state index is 11.5. The highest BCUT2D eigenvalue weighted by atomic mass is 16.6. The average molecular weight is 301 g/mol. The summed E-state index contributed by atoms with van der Waals surface area (Å²) in [7, 11) is 0. The standard InChI is InChI=1S/C14H23NO6/c1-5-20-11(16)9-7-6-8-10(12(17)18)15-13(19)21-14(2,3)4/h7,9-10H,5-6,8H2,1-4H3,(H,15,19)(H,17,18)/b9-7+. The Balaban J connectivity index is 4.29. The van der Waals surface area contributed by atoms with Crippen LogP contribution in [0.4, 0.5) is 4.79 Å². The topological polar surface area (TPSA) is 102 Å². The Bertz CT molecular complexity index is 397. The monoisotopic (exact) mass is 301 g/mol. The van der Waals surface area contributed by atoms with Crippen LogP contribution in [0.5, 0.6) is 0 Å². The van der Waals surface area contributed by atoms with Crippen molar-refractivity contribution < 1.29 is 29.0 Å². The van der Waals surface area contributed by atoms with Gasteiger partial charge in [0.25, 0.3) is 0 Å². The number of carboxylic acid groups (broad SMARTS) is 1. The van der Waals surface area contributed by atoms with E-state index in [2.05, 4.69) is 10.1 Å². The number of carboxylic acids is 1. The lowest BCUT2D eigenvalue weighted by Gasteiger charge is -2.21. The minimum Gasteiger partial charge on any atom is -0.480 e. The van der Waals surface area contributed by atoms with Crippen molar-refractivity contribution in [1.82, 2.24) is 5.32 Å². The smallest absolute Gasteiger partial charge is 0.408 e. The lowest BCUT2D eigenvalue weighted by molar-refractivity contribution is -0.139. The zero-order chi connectivity index (χ0) is 16.5. The van der Waals surface area contributed by atoms with Crippen molar-refractivity contribution in [2.24, 2.45) is 0 Å². The van der Waals surface area contributed by atoms with Crippen LogP contribution < -0.4 is 5.32 Å². The van der Waals surface area contributed by atoms with Crippen molar-refractivity contribution in [1.29, 1.82) is 0 Å². The van der Waals surface area contributed by atoms with Gasteiger partial charge in [-0.05, 0) is 40.5 Å². The molecule has 0 saturated heterocycles. The molecular formula is C14H23NO6. The summed E-state index contributed by atoms with van der Waals surface area (Å²) >= 11 is 0. The number of nitrogens with one attached hydrogen (secondary N) is 1. The molecule has 1 unspecified atom stereocenters. The van der Waals surface area contributed by atoms with Crippen molar-refractivity contribution in [3.63, 3.8) is 0 Å². The van der Waals surface area contributed by atoms with Crippen molar-refractivity contribution >= 4 is 18.0 Å². The molecule has 1 atom stereocenters. The Labute approximate surface area is 124 Å². The van der Waals surface area contributed by atoms with E-state index in [9.17, 15) is 14.4 Å². The van der Waals surface area contributed by atoms with Gasteiger partial charge in [-0.2, -0.15) is 0 Å². The van der Waals surface area contributed by atoms with Gasteiger partial charge in [-0.1, -0.05) is 6.08 Å². The van der Waals surface area contributed by atoms with Gasteiger partial charge in [0, 0.05) is 6.08 Å². The van der Waals surface area contributed by atoms with E-state index in [0.29, 0.717) is 6.42 Å². The van der Waals surface area contributed by atoms with Crippen LogP contribution in [0.3, 0.4) is 0 Å². The van der Waals surface area contributed by atoms with Crippen LogP contribution in [0.2, 0.25) is 0 Å². The van der Waals surface area contributed by atoms with Crippen LogP contribution in [0.25, 0.3) is 0 Å². The third-order valence-electron chi connectivity index (χ3n) is 2.15. The second kappa shape index (κ2) is 8.99. The fraction of sp³-hybridized carbons (Fsp3) is 0.643. The van der Waals surface area contributed by atoms with Crippen LogP contribution in [-0.2, 0) is 19.1 Å². The van der Waals surface area contributed by atoms with E-state index in [1.54, 1.807) is 27.7 Å². The predicted molar refractivity (Wildman–Crippen MR) is 75.8 cm³/mol. The van der Waals surface area contributed by atoms with Crippen LogP contribution in [-0.4, -0.2) is 41.4 Å². The maximum Gasteiger partial charge on any atom is 0.408 e. The zero-order valence-electron chi connectivity index (χ0n) is 12.8. The predicted octanol–water partition coefficient (Wildman–Crippen LogP) is 1.86. The molecule has 0 heterocycles. The van der Waals surface area contributed by atoms with E-state index in [0.717, 1.165) is 0 Å². The highest BCUT2D eigenvalue weighted by molar-refractivity contribution is 5.82. The Kier molecular flexibility index (Phi) is 8.11. The number of amides is 1. The SMILES string of the molecule is CCOC(=O)/C=C/CCC(NC(=O)OC(C)(C)C)C(=O)O. The molecule has 1 amide bonds. The summed E-state index contributed by atoms with van der Waals surface area (Å²) in [5.74, 6) is -1.64. The van der Waals surface area contributed by atoms with E-state index in [4.69, 9.17) is 9.84 Å². The molecule has 0 aromatic heterocycles. The Morgan fingerprint density at radius 2 is 1.90 bits per heavy atom. The van der Waals surface area contributed by atoms with Crippen LogP contribution in [0.1, 0.15) is 40.5 Å². The third-order valence-corrected chi connectivity index (χ3v) is 2.15. The molecule has 0 bridgehead atoms. The number of carbonyl (C=O) groups is 3. The number of carbonyl (C=O) groups excluding carboxylic acids is 2. The van der Waals surface area contributed by atoms with Crippen molar-refractivity contribution in [2.45, 2.75) is 52.2 Å². The number of hydrogen-bond donors (Lipinski definition) is 2. The molecular weight excluding hydrogens is 278 g/mol. The first-order valence-corrected chi connectivity index (χ1v) is 6.71. The van der Waals surface area contributed by atoms with Gasteiger partial charge in [0.1, 0.15) is 11.6 Å². The van der Waals surface area contributed by atoms with Crippen LogP contribution in [0, 0.1) is 0 Å². The molecule has 7 heteroatoms. The number of alkyl carbamates (subject to hydrolysis) is 1. The normalized spacial score (nSPS) is 12.8. The molecule has 120 valence electrons. The van der Waals surface area contributed by atoms with Gasteiger partial charge < -0.3 is 19.9 Å². The molecule has 0 radical (unpaired) electrons. The van der Waals surface area contributed by atoms with Gasteiger partial charge in [-0.25, -0.2) is 14.4 Å². The van der Waals surface area contributed by atoms with E-state index in [1.807, 2.05) is 0 Å². The van der Waals surface area contributed by atoms with E-state index in [-0.39, 0.29) is 13.0 Å². The minimum absolute atomic E-state index is 0.143. The average Bonchev–Trinajstić information content (AvgIpc) is 2.30. The first-order chi connectivity index (χ1) is 9.65. The molecule has 21 heavy (non-hydrogen) atoms. The fourth-order valence-electron chi connectivity index (χ4n) is 1.34. The second-order valence-electron chi connectivity index (χ2n) is 5.27. The molecule has 0 aliphatic carbocycles. The zero-order valence-corrected chi connectivity index (χ0v) is 12.8. The first-order valence-electron chi connectivity index (χ1n) is 6.71. The number of esters is 1. The van der Waals surface area contributed by atoms with E-state index < -0.39 is 29.7 Å². The molecule has 0 aromatic rings. The number of ether oxygens (including phenoxy) is 2. The van der Waals surface area contributed by atoms with Gasteiger partial charge in [-0.3, -0.25) is 0 Å². The van der Waals surface area contributed by atoms with Gasteiger partial charge in [0.2, 0.25) is 0 Å². The first kappa shape index (κ1) is 18.9. The summed E-state index contributed by atoms with van der Waals surface area (Å²) in [6.45, 7) is 7.03.